The van der Waals surface area contributed by atoms with Crippen LogP contribution in [0, 0.1) is 0 Å². The molecule has 0 heterocycles. The summed E-state index contributed by atoms with van der Waals surface area (Å²) in [6.07, 6.45) is -5.10. The van der Waals surface area contributed by atoms with Gasteiger partial charge in [0.25, 0.3) is 5.91 Å². The Morgan fingerprint density at radius 1 is 0.806 bits per heavy atom. The number of hydrogen-bond acceptors (Lipinski definition) is 3. The molecular weight excluding hydrogens is 407 g/mol. The Morgan fingerprint density at radius 3 is 1.87 bits per heavy atom. The molecule has 0 bridgehead atoms. The lowest BCUT2D eigenvalue weighted by atomic mass is 10.1. The molecule has 0 aliphatic rings. The largest absolute Gasteiger partial charge is 0.481 e. The lowest BCUT2D eigenvalue weighted by Crippen LogP contribution is -2.37. The molecule has 1 amide bonds. The van der Waals surface area contributed by atoms with E-state index in [0.29, 0.717) is 11.5 Å². The van der Waals surface area contributed by atoms with Gasteiger partial charge in [-0.2, -0.15) is 13.2 Å². The zero-order valence-corrected chi connectivity index (χ0v) is 17.0. The van der Waals surface area contributed by atoms with Gasteiger partial charge in [0.1, 0.15) is 17.2 Å². The Hall–Kier alpha value is -3.48. The van der Waals surface area contributed by atoms with Crippen LogP contribution in [-0.4, -0.2) is 12.0 Å². The predicted molar refractivity (Wildman–Crippen MR) is 111 cm³/mol. The molecule has 0 aliphatic carbocycles. The molecule has 3 rings (SSSR count). The van der Waals surface area contributed by atoms with Gasteiger partial charge in [-0.25, -0.2) is 0 Å². The topological polar surface area (TPSA) is 47.6 Å². The highest BCUT2D eigenvalue weighted by Gasteiger charge is 2.30. The molecule has 162 valence electrons. The van der Waals surface area contributed by atoms with Gasteiger partial charge >= 0.3 is 6.18 Å². The number of amides is 1. The van der Waals surface area contributed by atoms with Crippen molar-refractivity contribution >= 4 is 5.91 Å². The van der Waals surface area contributed by atoms with Crippen LogP contribution in [0.3, 0.4) is 0 Å². The van der Waals surface area contributed by atoms with Gasteiger partial charge in [0.2, 0.25) is 0 Å². The molecule has 3 aromatic carbocycles. The Labute approximate surface area is 178 Å². The molecule has 3 aromatic rings. The Morgan fingerprint density at radius 2 is 1.32 bits per heavy atom. The average molecular weight is 429 g/mol. The minimum Gasteiger partial charge on any atom is -0.481 e. The summed E-state index contributed by atoms with van der Waals surface area (Å²) in [5.74, 6) is 0.933. The minimum absolute atomic E-state index is 0.153. The van der Waals surface area contributed by atoms with Crippen molar-refractivity contribution in [1.82, 2.24) is 5.32 Å². The predicted octanol–water partition coefficient (Wildman–Crippen LogP) is 6.14. The van der Waals surface area contributed by atoms with Crippen LogP contribution in [0.15, 0.2) is 78.9 Å². The third-order valence-electron chi connectivity index (χ3n) is 4.58. The van der Waals surface area contributed by atoms with E-state index in [4.69, 9.17) is 9.47 Å². The minimum atomic E-state index is -4.39. The summed E-state index contributed by atoms with van der Waals surface area (Å²) >= 11 is 0. The van der Waals surface area contributed by atoms with E-state index in [1.807, 2.05) is 37.3 Å². The number of rotatable bonds is 7. The van der Waals surface area contributed by atoms with E-state index in [2.05, 4.69) is 5.32 Å². The van der Waals surface area contributed by atoms with Gasteiger partial charge in [-0.1, -0.05) is 30.3 Å². The lowest BCUT2D eigenvalue weighted by molar-refractivity contribution is -0.137. The third-order valence-corrected chi connectivity index (χ3v) is 4.58. The maximum atomic E-state index is 12.6. The molecule has 7 heteroatoms. The van der Waals surface area contributed by atoms with E-state index < -0.39 is 17.8 Å². The highest BCUT2D eigenvalue weighted by molar-refractivity contribution is 5.81. The second kappa shape index (κ2) is 9.55. The van der Waals surface area contributed by atoms with Gasteiger partial charge in [0.05, 0.1) is 11.6 Å². The first kappa shape index (κ1) is 22.2. The number of hydrogen-bond donors (Lipinski definition) is 1. The van der Waals surface area contributed by atoms with E-state index in [0.717, 1.165) is 17.7 Å². The zero-order valence-electron chi connectivity index (χ0n) is 17.0. The van der Waals surface area contributed by atoms with E-state index in [1.165, 1.54) is 12.1 Å². The van der Waals surface area contributed by atoms with Crippen molar-refractivity contribution in [3.05, 3.63) is 90.0 Å². The summed E-state index contributed by atoms with van der Waals surface area (Å²) < 4.78 is 49.1. The maximum absolute atomic E-state index is 12.6. The van der Waals surface area contributed by atoms with Crippen LogP contribution in [0.2, 0.25) is 0 Å². The van der Waals surface area contributed by atoms with Crippen molar-refractivity contribution in [2.45, 2.75) is 32.2 Å². The number of ether oxygens (including phenoxy) is 2. The van der Waals surface area contributed by atoms with E-state index in [1.54, 1.807) is 31.2 Å². The second-order valence-electron chi connectivity index (χ2n) is 7.00. The summed E-state index contributed by atoms with van der Waals surface area (Å²) in [7, 11) is 0. The van der Waals surface area contributed by atoms with Crippen LogP contribution in [-0.2, 0) is 11.0 Å². The van der Waals surface area contributed by atoms with Crippen LogP contribution < -0.4 is 14.8 Å². The Balaban J connectivity index is 1.54. The number of benzene rings is 3. The second-order valence-corrected chi connectivity index (χ2v) is 7.00. The summed E-state index contributed by atoms with van der Waals surface area (Å²) in [6, 6.07) is 20.4. The standard InChI is InChI=1S/C24H22F3NO3/c1-16(18-6-4-3-5-7-18)28-23(29)17(2)30-20-12-14-22(15-13-20)31-21-10-8-19(9-11-21)24(25,26)27/h3-17H,1-2H3,(H,28,29)/t16?,17-/m1/s1. The Kier molecular flexibility index (Phi) is 6.84. The van der Waals surface area contributed by atoms with E-state index in [9.17, 15) is 18.0 Å². The number of carbonyl (C=O) groups is 1. The smallest absolute Gasteiger partial charge is 0.416 e. The molecule has 0 saturated carbocycles. The number of nitrogens with one attached hydrogen (secondary N) is 1. The summed E-state index contributed by atoms with van der Waals surface area (Å²) in [5, 5.41) is 2.91. The van der Waals surface area contributed by atoms with Gasteiger partial charge in [-0.3, -0.25) is 4.79 Å². The first-order valence-electron chi connectivity index (χ1n) is 9.69. The molecule has 0 aliphatic heterocycles. The zero-order chi connectivity index (χ0) is 22.4. The molecule has 4 nitrogen and oxygen atoms in total. The fraction of sp³-hybridized carbons (Fsp3) is 0.208. The SMILES string of the molecule is CC(NC(=O)[C@@H](C)Oc1ccc(Oc2ccc(C(F)(F)F)cc2)cc1)c1ccccc1. The van der Waals surface area contributed by atoms with Gasteiger partial charge in [-0.05, 0) is 67.9 Å². The molecule has 0 spiro atoms. The fourth-order valence-corrected chi connectivity index (χ4v) is 2.85. The highest BCUT2D eigenvalue weighted by Crippen LogP contribution is 2.31. The van der Waals surface area contributed by atoms with Crippen LogP contribution in [0.25, 0.3) is 0 Å². The first-order valence-corrected chi connectivity index (χ1v) is 9.69. The van der Waals surface area contributed by atoms with Gasteiger partial charge in [0, 0.05) is 0 Å². The number of carbonyl (C=O) groups excluding carboxylic acids is 1. The molecular formula is C24H22F3NO3. The van der Waals surface area contributed by atoms with Crippen LogP contribution in [0.4, 0.5) is 13.2 Å². The van der Waals surface area contributed by atoms with Crippen molar-refractivity contribution in [1.29, 1.82) is 0 Å². The molecule has 1 N–H and O–H groups in total. The lowest BCUT2D eigenvalue weighted by Gasteiger charge is -2.19. The molecule has 31 heavy (non-hydrogen) atoms. The number of alkyl halides is 3. The summed E-state index contributed by atoms with van der Waals surface area (Å²) in [6.45, 7) is 3.55. The van der Waals surface area contributed by atoms with Crippen molar-refractivity contribution in [2.24, 2.45) is 0 Å². The summed E-state index contributed by atoms with van der Waals surface area (Å²) in [4.78, 5) is 12.4. The number of halogens is 3. The molecule has 0 saturated heterocycles. The van der Waals surface area contributed by atoms with Crippen molar-refractivity contribution in [3.63, 3.8) is 0 Å². The van der Waals surface area contributed by atoms with Crippen LogP contribution in [0.5, 0.6) is 17.2 Å². The van der Waals surface area contributed by atoms with E-state index >= 15 is 0 Å². The Bertz CT molecular complexity index is 987. The third kappa shape index (κ3) is 6.25. The summed E-state index contributed by atoms with van der Waals surface area (Å²) in [5.41, 5.74) is 0.255. The maximum Gasteiger partial charge on any atom is 0.416 e. The molecule has 0 aromatic heterocycles. The monoisotopic (exact) mass is 429 g/mol. The van der Waals surface area contributed by atoms with Crippen molar-refractivity contribution in [2.75, 3.05) is 0 Å². The average Bonchev–Trinajstić information content (AvgIpc) is 2.75. The van der Waals surface area contributed by atoms with Crippen LogP contribution in [0.1, 0.15) is 31.0 Å². The van der Waals surface area contributed by atoms with Crippen molar-refractivity contribution < 1.29 is 27.4 Å². The highest BCUT2D eigenvalue weighted by atomic mass is 19.4. The van der Waals surface area contributed by atoms with Crippen molar-refractivity contribution in [3.8, 4) is 17.2 Å². The van der Waals surface area contributed by atoms with Gasteiger partial charge < -0.3 is 14.8 Å². The van der Waals surface area contributed by atoms with E-state index in [-0.39, 0.29) is 17.7 Å². The molecule has 1 unspecified atom stereocenters. The molecule has 0 fully saturated rings. The molecule has 2 atom stereocenters. The molecule has 0 radical (unpaired) electrons. The fourth-order valence-electron chi connectivity index (χ4n) is 2.85. The van der Waals surface area contributed by atoms with Gasteiger partial charge in [-0.15, -0.1) is 0 Å². The first-order chi connectivity index (χ1) is 14.7. The van der Waals surface area contributed by atoms with Gasteiger partial charge in [0.15, 0.2) is 6.10 Å². The quantitative estimate of drug-likeness (QED) is 0.491. The normalized spacial score (nSPS) is 13.2. The van der Waals surface area contributed by atoms with Crippen LogP contribution >= 0.6 is 0 Å².